The summed E-state index contributed by atoms with van der Waals surface area (Å²) in [6.07, 6.45) is 0.115. The molecule has 1 atom stereocenters. The van der Waals surface area contributed by atoms with Crippen molar-refractivity contribution in [3.63, 3.8) is 0 Å². The molecule has 2 aliphatic heterocycles. The fraction of sp³-hybridized carbons (Fsp3) is 0.474. The van der Waals surface area contributed by atoms with Gasteiger partial charge < -0.3 is 20.3 Å². The number of hydrogen-bond donors (Lipinski definition) is 3. The number of anilines is 1. The van der Waals surface area contributed by atoms with Crippen LogP contribution in [0.3, 0.4) is 0 Å². The van der Waals surface area contributed by atoms with E-state index in [1.165, 1.54) is 4.90 Å². The van der Waals surface area contributed by atoms with Crippen LogP contribution in [0.25, 0.3) is 0 Å². The molecule has 0 saturated carbocycles. The molecular formula is C19H24N4O5. The Morgan fingerprint density at radius 1 is 1.29 bits per heavy atom. The van der Waals surface area contributed by atoms with E-state index in [1.54, 1.807) is 6.92 Å². The van der Waals surface area contributed by atoms with Crippen molar-refractivity contribution in [1.82, 2.24) is 15.5 Å². The maximum absolute atomic E-state index is 12.8. The highest BCUT2D eigenvalue weighted by molar-refractivity contribution is 6.06. The molecule has 3 rings (SSSR count). The summed E-state index contributed by atoms with van der Waals surface area (Å²) >= 11 is 0. The summed E-state index contributed by atoms with van der Waals surface area (Å²) < 4.78 is 4.80. The molecule has 1 fully saturated rings. The number of nitrogens with one attached hydrogen (secondary N) is 3. The molecule has 0 aromatic heterocycles. The molecule has 0 aliphatic carbocycles. The van der Waals surface area contributed by atoms with Crippen LogP contribution in [0.2, 0.25) is 0 Å². The quantitative estimate of drug-likeness (QED) is 0.493. The van der Waals surface area contributed by atoms with Crippen molar-refractivity contribution in [2.24, 2.45) is 0 Å². The molecule has 0 bridgehead atoms. The van der Waals surface area contributed by atoms with Gasteiger partial charge in [-0.1, -0.05) is 0 Å². The number of carbonyl (C=O) groups excluding carboxylic acids is 4. The first-order chi connectivity index (χ1) is 13.4. The molecule has 2 heterocycles. The predicted molar refractivity (Wildman–Crippen MR) is 101 cm³/mol. The molecule has 150 valence electrons. The van der Waals surface area contributed by atoms with Gasteiger partial charge in [-0.3, -0.25) is 19.7 Å². The average molecular weight is 388 g/mol. The Balaban J connectivity index is 1.64. The second-order valence-electron chi connectivity index (χ2n) is 6.80. The first-order valence-corrected chi connectivity index (χ1v) is 9.33. The fourth-order valence-electron chi connectivity index (χ4n) is 3.58. The predicted octanol–water partition coefficient (Wildman–Crippen LogP) is 0.914. The van der Waals surface area contributed by atoms with E-state index >= 15 is 0 Å². The van der Waals surface area contributed by atoms with Gasteiger partial charge in [0, 0.05) is 37.3 Å². The Morgan fingerprint density at radius 2 is 2.07 bits per heavy atom. The van der Waals surface area contributed by atoms with Gasteiger partial charge in [-0.05, 0) is 43.5 Å². The van der Waals surface area contributed by atoms with E-state index in [2.05, 4.69) is 16.0 Å². The molecule has 9 heteroatoms. The lowest BCUT2D eigenvalue weighted by Crippen LogP contribution is -2.52. The van der Waals surface area contributed by atoms with Crippen LogP contribution in [0.4, 0.5) is 10.5 Å². The average Bonchev–Trinajstić information content (AvgIpc) is 2.96. The minimum absolute atomic E-state index is 0.183. The largest absolute Gasteiger partial charge is 0.450 e. The minimum Gasteiger partial charge on any atom is -0.450 e. The maximum atomic E-state index is 12.8. The van der Waals surface area contributed by atoms with Gasteiger partial charge in [-0.25, -0.2) is 4.79 Å². The smallest absolute Gasteiger partial charge is 0.407 e. The molecule has 4 amide bonds. The van der Waals surface area contributed by atoms with Crippen LogP contribution in [-0.4, -0.2) is 54.5 Å². The summed E-state index contributed by atoms with van der Waals surface area (Å²) in [6.45, 7) is 5.15. The van der Waals surface area contributed by atoms with E-state index in [-0.39, 0.29) is 18.2 Å². The first kappa shape index (κ1) is 19.7. The van der Waals surface area contributed by atoms with E-state index in [9.17, 15) is 19.2 Å². The van der Waals surface area contributed by atoms with Gasteiger partial charge in [0.25, 0.3) is 5.91 Å². The number of ether oxygens (including phenoxy) is 1. The number of aryl methyl sites for hydroxylation is 1. The van der Waals surface area contributed by atoms with Crippen molar-refractivity contribution < 1.29 is 23.9 Å². The molecule has 0 spiro atoms. The molecule has 28 heavy (non-hydrogen) atoms. The zero-order valence-corrected chi connectivity index (χ0v) is 16.0. The maximum Gasteiger partial charge on any atom is 0.407 e. The second-order valence-corrected chi connectivity index (χ2v) is 6.80. The van der Waals surface area contributed by atoms with Crippen molar-refractivity contribution in [2.45, 2.75) is 39.3 Å². The third kappa shape index (κ3) is 4.08. The monoisotopic (exact) mass is 388 g/mol. The van der Waals surface area contributed by atoms with Crippen LogP contribution in [0.5, 0.6) is 0 Å². The topological polar surface area (TPSA) is 117 Å². The molecule has 3 N–H and O–H groups in total. The number of amides is 4. The number of carbonyl (C=O) groups is 4. The lowest BCUT2D eigenvalue weighted by molar-refractivity contribution is -0.136. The Kier molecular flexibility index (Phi) is 5.81. The summed E-state index contributed by atoms with van der Waals surface area (Å²) in [4.78, 5) is 49.1. The molecule has 1 saturated heterocycles. The van der Waals surface area contributed by atoms with Gasteiger partial charge in [0.1, 0.15) is 6.04 Å². The summed E-state index contributed by atoms with van der Waals surface area (Å²) in [6, 6.07) is 3.13. The summed E-state index contributed by atoms with van der Waals surface area (Å²) in [5, 5.41) is 8.14. The second kappa shape index (κ2) is 8.28. The molecule has 2 aliphatic rings. The minimum atomic E-state index is -0.623. The highest BCUT2D eigenvalue weighted by Crippen LogP contribution is 2.31. The van der Waals surface area contributed by atoms with Crippen LogP contribution in [0.1, 0.15) is 41.3 Å². The van der Waals surface area contributed by atoms with E-state index in [1.807, 2.05) is 19.1 Å². The van der Waals surface area contributed by atoms with Crippen LogP contribution < -0.4 is 16.0 Å². The van der Waals surface area contributed by atoms with E-state index in [4.69, 9.17) is 4.74 Å². The number of imide groups is 1. The van der Waals surface area contributed by atoms with Gasteiger partial charge >= 0.3 is 6.09 Å². The summed E-state index contributed by atoms with van der Waals surface area (Å²) in [7, 11) is 0. The van der Waals surface area contributed by atoms with Gasteiger partial charge in [-0.2, -0.15) is 0 Å². The number of alkyl carbamates (subject to hydrolysis) is 1. The van der Waals surface area contributed by atoms with Gasteiger partial charge in [0.05, 0.1) is 6.61 Å². The normalized spacial score (nSPS) is 18.6. The SMILES string of the molecule is CCOC(=O)NCCNc1cc(C)c2c(c1)CN(C1CCC(=O)NC1=O)C2=O. The van der Waals surface area contributed by atoms with Gasteiger partial charge in [-0.15, -0.1) is 0 Å². The molecule has 1 aromatic rings. The lowest BCUT2D eigenvalue weighted by atomic mass is 10.0. The number of fused-ring (bicyclic) bond motifs is 1. The Morgan fingerprint density at radius 3 is 2.79 bits per heavy atom. The van der Waals surface area contributed by atoms with Crippen molar-refractivity contribution >= 4 is 29.5 Å². The van der Waals surface area contributed by atoms with Crippen molar-refractivity contribution in [2.75, 3.05) is 25.0 Å². The van der Waals surface area contributed by atoms with E-state index in [0.29, 0.717) is 38.2 Å². The number of piperidine rings is 1. The number of nitrogens with zero attached hydrogens (tertiary/aromatic N) is 1. The molecule has 1 unspecified atom stereocenters. The number of rotatable bonds is 6. The van der Waals surface area contributed by atoms with Gasteiger partial charge in [0.2, 0.25) is 11.8 Å². The van der Waals surface area contributed by atoms with Crippen LogP contribution in [0.15, 0.2) is 12.1 Å². The van der Waals surface area contributed by atoms with Crippen molar-refractivity contribution in [3.05, 3.63) is 28.8 Å². The third-order valence-electron chi connectivity index (χ3n) is 4.82. The fourth-order valence-corrected chi connectivity index (χ4v) is 3.58. The third-order valence-corrected chi connectivity index (χ3v) is 4.82. The molecule has 9 nitrogen and oxygen atoms in total. The van der Waals surface area contributed by atoms with Crippen LogP contribution in [-0.2, 0) is 20.9 Å². The zero-order chi connectivity index (χ0) is 20.3. The Bertz CT molecular complexity index is 823. The van der Waals surface area contributed by atoms with Crippen molar-refractivity contribution in [3.8, 4) is 0 Å². The molecule has 0 radical (unpaired) electrons. The van der Waals surface area contributed by atoms with E-state index < -0.39 is 18.0 Å². The Labute approximate surface area is 162 Å². The number of benzene rings is 1. The summed E-state index contributed by atoms with van der Waals surface area (Å²) in [5.74, 6) is -0.902. The van der Waals surface area contributed by atoms with Crippen molar-refractivity contribution in [1.29, 1.82) is 0 Å². The van der Waals surface area contributed by atoms with Gasteiger partial charge in [0.15, 0.2) is 0 Å². The zero-order valence-electron chi connectivity index (χ0n) is 16.0. The van der Waals surface area contributed by atoms with Crippen LogP contribution >= 0.6 is 0 Å². The lowest BCUT2D eigenvalue weighted by Gasteiger charge is -2.29. The van der Waals surface area contributed by atoms with E-state index in [0.717, 1.165) is 16.8 Å². The van der Waals surface area contributed by atoms with Crippen LogP contribution in [0, 0.1) is 6.92 Å². The first-order valence-electron chi connectivity index (χ1n) is 9.33. The summed E-state index contributed by atoms with van der Waals surface area (Å²) in [5.41, 5.74) is 3.11. The number of hydrogen-bond acceptors (Lipinski definition) is 6. The standard InChI is InChI=1S/C19H24N4O5/c1-3-28-19(27)21-7-6-20-13-8-11(2)16-12(9-13)10-23(18(16)26)14-4-5-15(24)22-17(14)25/h8-9,14,20H,3-7,10H2,1-2H3,(H,21,27)(H,22,24,25). The Hall–Kier alpha value is -3.10. The highest BCUT2D eigenvalue weighted by Gasteiger charge is 2.39. The highest BCUT2D eigenvalue weighted by atomic mass is 16.5. The molecule has 1 aromatic carbocycles. The molecular weight excluding hydrogens is 364 g/mol.